The molecule has 0 spiro atoms. The van der Waals surface area contributed by atoms with E-state index in [2.05, 4.69) is 18.9 Å². The maximum atomic E-state index is 11.0. The fourth-order valence-electron chi connectivity index (χ4n) is 0.896. The van der Waals surface area contributed by atoms with Crippen LogP contribution in [0.25, 0.3) is 0 Å². The van der Waals surface area contributed by atoms with E-state index >= 15 is 0 Å². The van der Waals surface area contributed by atoms with E-state index in [1.165, 1.54) is 6.42 Å². The zero-order valence-corrected chi connectivity index (χ0v) is 8.62. The van der Waals surface area contributed by atoms with Gasteiger partial charge in [-0.1, -0.05) is 18.1 Å². The Morgan fingerprint density at radius 3 is 2.36 bits per heavy atom. The lowest BCUT2D eigenvalue weighted by Crippen LogP contribution is -2.26. The van der Waals surface area contributed by atoms with Crippen molar-refractivity contribution in [1.29, 1.82) is 0 Å². The van der Waals surface area contributed by atoms with E-state index in [0.717, 1.165) is 24.6 Å². The second kappa shape index (κ2) is 6.95. The van der Waals surface area contributed by atoms with Crippen molar-refractivity contribution in [3.8, 4) is 0 Å². The van der Waals surface area contributed by atoms with E-state index in [-0.39, 0.29) is 0 Å². The monoisotopic (exact) mass is 177 g/mol. The molecule has 0 amide bonds. The first kappa shape index (κ1) is 11.3. The van der Waals surface area contributed by atoms with Gasteiger partial charge in [0.2, 0.25) is 0 Å². The molecule has 3 heteroatoms. The van der Waals surface area contributed by atoms with Gasteiger partial charge in [0.05, 0.1) is 0 Å². The molecule has 0 aliphatic carbocycles. The van der Waals surface area contributed by atoms with Crippen molar-refractivity contribution in [2.75, 3.05) is 31.6 Å². The standard InChI is InChI=1S/C8H19NOS/c1-4-6-9(3)7-8-11(10)5-2/h4-8H2,1-3H3. The summed E-state index contributed by atoms with van der Waals surface area (Å²) in [6.45, 7) is 6.21. The molecule has 0 aliphatic rings. The molecule has 68 valence electrons. The fourth-order valence-corrected chi connectivity index (χ4v) is 1.70. The van der Waals surface area contributed by atoms with Gasteiger partial charge in [0.25, 0.3) is 0 Å². The zero-order valence-electron chi connectivity index (χ0n) is 7.80. The molecule has 0 radical (unpaired) electrons. The third-order valence-corrected chi connectivity index (χ3v) is 2.91. The predicted molar refractivity (Wildman–Crippen MR) is 51.3 cm³/mol. The van der Waals surface area contributed by atoms with E-state index in [0.29, 0.717) is 0 Å². The largest absolute Gasteiger partial charge is 0.616 e. The van der Waals surface area contributed by atoms with Crippen LogP contribution >= 0.6 is 0 Å². The second-order valence-corrected chi connectivity index (χ2v) is 4.60. The van der Waals surface area contributed by atoms with Gasteiger partial charge in [-0.15, -0.1) is 0 Å². The Balaban J connectivity index is 3.22. The van der Waals surface area contributed by atoms with Crippen LogP contribution in [-0.4, -0.2) is 41.1 Å². The van der Waals surface area contributed by atoms with Gasteiger partial charge < -0.3 is 9.45 Å². The van der Waals surface area contributed by atoms with Crippen molar-refractivity contribution in [1.82, 2.24) is 4.90 Å². The van der Waals surface area contributed by atoms with Gasteiger partial charge in [-0.05, 0) is 26.9 Å². The van der Waals surface area contributed by atoms with Gasteiger partial charge in [0.1, 0.15) is 11.5 Å². The highest BCUT2D eigenvalue weighted by molar-refractivity contribution is 7.91. The van der Waals surface area contributed by atoms with E-state index in [9.17, 15) is 4.55 Å². The van der Waals surface area contributed by atoms with E-state index < -0.39 is 11.2 Å². The van der Waals surface area contributed by atoms with Crippen molar-refractivity contribution in [2.24, 2.45) is 0 Å². The molecular formula is C8H19NOS. The van der Waals surface area contributed by atoms with Gasteiger partial charge in [-0.3, -0.25) is 0 Å². The SMILES string of the molecule is CCCN(C)CC[S+]([O-])CC. The van der Waals surface area contributed by atoms with Crippen molar-refractivity contribution >= 4 is 11.2 Å². The molecule has 0 heterocycles. The van der Waals surface area contributed by atoms with Crippen molar-refractivity contribution in [2.45, 2.75) is 20.3 Å². The van der Waals surface area contributed by atoms with Gasteiger partial charge in [-0.2, -0.15) is 0 Å². The summed E-state index contributed by atoms with van der Waals surface area (Å²) >= 11 is -0.593. The molecule has 0 N–H and O–H groups in total. The Morgan fingerprint density at radius 2 is 1.91 bits per heavy atom. The normalized spacial score (nSPS) is 13.9. The summed E-state index contributed by atoms with van der Waals surface area (Å²) in [6, 6.07) is 0. The van der Waals surface area contributed by atoms with E-state index in [1.807, 2.05) is 6.92 Å². The van der Waals surface area contributed by atoms with E-state index in [4.69, 9.17) is 0 Å². The van der Waals surface area contributed by atoms with Crippen LogP contribution in [0.4, 0.5) is 0 Å². The van der Waals surface area contributed by atoms with Crippen molar-refractivity contribution < 1.29 is 4.55 Å². The summed E-state index contributed by atoms with van der Waals surface area (Å²) in [5, 5.41) is 0. The van der Waals surface area contributed by atoms with Crippen LogP contribution < -0.4 is 0 Å². The molecule has 0 aliphatic heterocycles. The first-order valence-corrected chi connectivity index (χ1v) is 5.73. The second-order valence-electron chi connectivity index (χ2n) is 2.74. The Kier molecular flexibility index (Phi) is 7.12. The van der Waals surface area contributed by atoms with Crippen LogP contribution in [0.2, 0.25) is 0 Å². The summed E-state index contributed by atoms with van der Waals surface area (Å²) in [5.74, 6) is 1.62. The number of nitrogens with zero attached hydrogens (tertiary/aromatic N) is 1. The Hall–Kier alpha value is 0.270. The van der Waals surface area contributed by atoms with Crippen LogP contribution in [0.3, 0.4) is 0 Å². The molecule has 0 aromatic rings. The lowest BCUT2D eigenvalue weighted by molar-refractivity contribution is 0.354. The highest BCUT2D eigenvalue weighted by atomic mass is 32.2. The molecule has 1 unspecified atom stereocenters. The third-order valence-electron chi connectivity index (χ3n) is 1.63. The predicted octanol–water partition coefficient (Wildman–Crippen LogP) is 1.10. The molecule has 0 fully saturated rings. The van der Waals surface area contributed by atoms with Crippen LogP contribution in [-0.2, 0) is 11.2 Å². The molecule has 0 aromatic carbocycles. The third kappa shape index (κ3) is 6.66. The summed E-state index contributed by atoms with van der Waals surface area (Å²) in [6.07, 6.45) is 1.18. The minimum absolute atomic E-state index is 0.593. The van der Waals surface area contributed by atoms with Crippen molar-refractivity contribution in [3.05, 3.63) is 0 Å². The van der Waals surface area contributed by atoms with Crippen LogP contribution in [0, 0.1) is 0 Å². The summed E-state index contributed by atoms with van der Waals surface area (Å²) in [5.41, 5.74) is 0. The zero-order chi connectivity index (χ0) is 8.69. The van der Waals surface area contributed by atoms with Gasteiger partial charge >= 0.3 is 0 Å². The fraction of sp³-hybridized carbons (Fsp3) is 1.00. The molecule has 0 rings (SSSR count). The minimum atomic E-state index is -0.593. The molecule has 0 saturated heterocycles. The quantitative estimate of drug-likeness (QED) is 0.568. The Morgan fingerprint density at radius 1 is 1.27 bits per heavy atom. The Labute approximate surface area is 73.1 Å². The topological polar surface area (TPSA) is 26.3 Å². The molecule has 0 saturated carbocycles. The summed E-state index contributed by atoms with van der Waals surface area (Å²) in [7, 11) is 2.08. The lowest BCUT2D eigenvalue weighted by atomic mass is 10.4. The maximum Gasteiger partial charge on any atom is 0.118 e. The molecule has 1 atom stereocenters. The molecular weight excluding hydrogens is 158 g/mol. The highest BCUT2D eigenvalue weighted by Crippen LogP contribution is 1.92. The molecule has 2 nitrogen and oxygen atoms in total. The first-order chi connectivity index (χ1) is 5.20. The lowest BCUT2D eigenvalue weighted by Gasteiger charge is -2.16. The van der Waals surface area contributed by atoms with E-state index in [1.54, 1.807) is 0 Å². The van der Waals surface area contributed by atoms with Gasteiger partial charge in [0, 0.05) is 6.54 Å². The number of hydrogen-bond acceptors (Lipinski definition) is 2. The van der Waals surface area contributed by atoms with Gasteiger partial charge in [0.15, 0.2) is 0 Å². The maximum absolute atomic E-state index is 11.0. The van der Waals surface area contributed by atoms with Gasteiger partial charge in [-0.25, -0.2) is 0 Å². The van der Waals surface area contributed by atoms with Crippen LogP contribution in [0.5, 0.6) is 0 Å². The summed E-state index contributed by atoms with van der Waals surface area (Å²) < 4.78 is 11.0. The van der Waals surface area contributed by atoms with Crippen LogP contribution in [0.15, 0.2) is 0 Å². The Bertz CT molecular complexity index is 90.2. The summed E-state index contributed by atoms with van der Waals surface area (Å²) in [4.78, 5) is 2.23. The smallest absolute Gasteiger partial charge is 0.118 e. The molecule has 0 bridgehead atoms. The van der Waals surface area contributed by atoms with Crippen molar-refractivity contribution in [3.63, 3.8) is 0 Å². The molecule has 11 heavy (non-hydrogen) atoms. The minimum Gasteiger partial charge on any atom is -0.616 e. The average Bonchev–Trinajstić information content (AvgIpc) is 2.01. The number of rotatable bonds is 6. The highest BCUT2D eigenvalue weighted by Gasteiger charge is 2.03. The average molecular weight is 177 g/mol. The molecule has 0 aromatic heterocycles. The number of hydrogen-bond donors (Lipinski definition) is 0. The first-order valence-electron chi connectivity index (χ1n) is 4.24. The van der Waals surface area contributed by atoms with Crippen LogP contribution in [0.1, 0.15) is 20.3 Å².